The van der Waals surface area contributed by atoms with E-state index in [0.29, 0.717) is 37.0 Å². The van der Waals surface area contributed by atoms with Crippen LogP contribution in [0, 0.1) is 64.1 Å². The van der Waals surface area contributed by atoms with Gasteiger partial charge in [0.25, 0.3) is 50.6 Å². The van der Waals surface area contributed by atoms with E-state index in [-0.39, 0.29) is 11.8 Å². The van der Waals surface area contributed by atoms with Crippen molar-refractivity contribution in [2.45, 2.75) is 141 Å². The van der Waals surface area contributed by atoms with E-state index in [1.165, 1.54) is 76.2 Å². The van der Waals surface area contributed by atoms with E-state index in [1.807, 2.05) is 0 Å². The molecule has 0 saturated heterocycles. The second-order valence-corrected chi connectivity index (χ2v) is 29.4. The molecule has 0 aromatic rings. The van der Waals surface area contributed by atoms with Crippen molar-refractivity contribution in [1.82, 2.24) is 0 Å². The van der Waals surface area contributed by atoms with Gasteiger partial charge in [0, 0.05) is 13.0 Å². The van der Waals surface area contributed by atoms with Crippen molar-refractivity contribution in [2.75, 3.05) is 77.7 Å². The highest BCUT2D eigenvalue weighted by Gasteiger charge is 2.55. The van der Waals surface area contributed by atoms with Crippen LogP contribution in [0.15, 0.2) is 12.2 Å². The van der Waals surface area contributed by atoms with Crippen molar-refractivity contribution in [3.8, 4) is 0 Å². The lowest BCUT2D eigenvalue weighted by Crippen LogP contribution is -2.53. The van der Waals surface area contributed by atoms with Gasteiger partial charge in [-0.25, -0.2) is 53.1 Å². The molecular formula is C49H83F15O21S5. The highest BCUT2D eigenvalue weighted by Crippen LogP contribution is 2.62. The molecule has 0 aromatic heterocycles. The summed E-state index contributed by atoms with van der Waals surface area (Å²) in [7, 11) is -21.1. The van der Waals surface area contributed by atoms with E-state index in [4.69, 9.17) is 32.2 Å². The van der Waals surface area contributed by atoms with Gasteiger partial charge < -0.3 is 14.2 Å². The topological polar surface area (TPSA) is 343 Å². The van der Waals surface area contributed by atoms with Gasteiger partial charge in [0.05, 0.1) is 20.4 Å². The number of hydrogen-bond acceptors (Lipinski definition) is 16. The van der Waals surface area contributed by atoms with Crippen LogP contribution in [0.4, 0.5) is 70.8 Å². The van der Waals surface area contributed by atoms with Gasteiger partial charge in [-0.2, -0.15) is 51.4 Å². The third-order valence-corrected chi connectivity index (χ3v) is 16.5. The Kier molecular flexibility index (Phi) is 45.6. The quantitative estimate of drug-likeness (QED) is 0.0315. The van der Waals surface area contributed by atoms with Crippen molar-refractivity contribution in [3.63, 3.8) is 0 Å². The van der Waals surface area contributed by atoms with Crippen LogP contribution in [-0.4, -0.2) is 167 Å². The molecule has 12 bridgehead atoms. The van der Waals surface area contributed by atoms with Crippen molar-refractivity contribution >= 4 is 62.9 Å². The fraction of sp³-hybridized carbons (Fsp3) is 0.918. The van der Waals surface area contributed by atoms with Gasteiger partial charge >= 0.3 is 12.3 Å². The Hall–Kier alpha value is -2.74. The summed E-state index contributed by atoms with van der Waals surface area (Å²) in [6, 6.07) is -9.58. The number of rotatable bonds is 16. The summed E-state index contributed by atoms with van der Waals surface area (Å²) in [6.07, 6.45) is 18.2. The number of halogens is 15. The zero-order valence-corrected chi connectivity index (χ0v) is 53.3. The molecule has 12 aliphatic carbocycles. The van der Waals surface area contributed by atoms with Crippen molar-refractivity contribution in [2.24, 2.45) is 64.1 Å². The van der Waals surface area contributed by atoms with Gasteiger partial charge in [0.15, 0.2) is 6.86 Å². The fourth-order valence-corrected chi connectivity index (χ4v) is 14.0. The zero-order chi connectivity index (χ0) is 70.5. The van der Waals surface area contributed by atoms with Crippen LogP contribution in [0.3, 0.4) is 0 Å². The largest absolute Gasteiger partial charge is 0.496 e. The minimum atomic E-state index is -4.33. The first-order valence-corrected chi connectivity index (χ1v) is 35.0. The first-order chi connectivity index (χ1) is 41.4. The average molecular weight is 1450 g/mol. The van der Waals surface area contributed by atoms with E-state index in [0.717, 1.165) is 101 Å². The van der Waals surface area contributed by atoms with E-state index in [9.17, 15) is 118 Å². The van der Waals surface area contributed by atoms with Crippen LogP contribution < -0.4 is 0 Å². The highest BCUT2D eigenvalue weighted by atomic mass is 32.2. The summed E-state index contributed by atoms with van der Waals surface area (Å²) >= 11 is 0. The summed E-state index contributed by atoms with van der Waals surface area (Å²) < 4.78 is 304. The molecule has 0 aromatic carbocycles. The number of carbonyl (C=O) groups excluding carboxylic acids is 2. The molecule has 0 aliphatic heterocycles. The Bertz CT molecular complexity index is 2320. The first-order valence-electron chi connectivity index (χ1n) is 27.0. The minimum Gasteiger partial charge on any atom is -0.434 e. The van der Waals surface area contributed by atoms with E-state index < -0.39 is 126 Å². The summed E-state index contributed by atoms with van der Waals surface area (Å²) in [4.78, 5) is 23.5. The van der Waals surface area contributed by atoms with Crippen molar-refractivity contribution < 1.29 is 160 Å². The Balaban J connectivity index is -0.000000972. The average Bonchev–Trinajstić information content (AvgIpc) is 0.786. The molecule has 41 heteroatoms. The van der Waals surface area contributed by atoms with Crippen LogP contribution in [0.1, 0.15) is 129 Å². The molecule has 12 fully saturated rings. The molecular weight excluding hydrogens is 1370 g/mol. The fourth-order valence-electron chi connectivity index (χ4n) is 14.0. The Labute approximate surface area is 515 Å². The number of carbonyl (C=O) groups is 2. The second kappa shape index (κ2) is 44.8. The number of ether oxygens (including phenoxy) is 3. The zero-order valence-electron chi connectivity index (χ0n) is 49.2. The van der Waals surface area contributed by atoms with Gasteiger partial charge in [-0.15, -0.1) is 4.39 Å². The smallest absolute Gasteiger partial charge is 0.434 e. The summed E-state index contributed by atoms with van der Waals surface area (Å²) in [5.41, 5.74) is 1.44. The lowest BCUT2D eigenvalue weighted by molar-refractivity contribution is -0.167. The molecule has 90 heavy (non-hydrogen) atoms. The van der Waals surface area contributed by atoms with E-state index in [1.54, 1.807) is 0 Å². The molecule has 0 amide bonds. The van der Waals surface area contributed by atoms with E-state index in [2.05, 4.69) is 16.3 Å². The molecule has 2 atom stereocenters. The lowest BCUT2D eigenvalue weighted by atomic mass is 9.49. The molecule has 540 valence electrons. The van der Waals surface area contributed by atoms with Crippen molar-refractivity contribution in [1.29, 1.82) is 0 Å². The van der Waals surface area contributed by atoms with Crippen molar-refractivity contribution in [3.05, 3.63) is 12.2 Å². The summed E-state index contributed by atoms with van der Waals surface area (Å²) in [5.74, 6) is 7.00. The predicted molar refractivity (Wildman–Crippen MR) is 294 cm³/mol. The SMILES string of the molecule is C=C1C2CC3CC1CC(OC(=O)F)(C3)C2.CC(F)F.CF.FCF.FCOCCCOCC12CC3CC(CC(C3)C1)C2.FCOF.O=C(F)CC12CC3CC(CC(C3)C1)C2.O=S(=O)(O)CF.O=S(=O)(O)CF.O=S(=O)(O)CF.O=S(=O)(O)CF.O=S(=O)(O)CF. The Morgan fingerprint density at radius 2 is 0.756 bits per heavy atom. The van der Waals surface area contributed by atoms with Gasteiger partial charge in [-0.1, -0.05) is 12.2 Å². The standard InChI is InChI=1S/C15H25FO2.C12H15FO2.C12H17FO.C2H4F2.CH2F2O.CH2F2.5CH3FO3S.CH3F/c16-11-18-3-1-2-17-10-15-7-12-4-13(8-15)6-14(5-12)9-15;1-7-9-2-8-3-10(7)6-12(4-8,5-9)15-11(13)14;13-11(14)7-12-4-8-1-9(5-12)3-10(2-8)6-12;1-2(3)4;2-1-4-3;2-1-3;5*2-1-6(3,4)5;1-2/h12-14H,1-11H2;8-10H,1-6H2;8-10H,1-7H2;2H,1H3;1H2;1H2;5*1H2,(H,3,4,5);1H3. The lowest BCUT2D eigenvalue weighted by Gasteiger charge is -2.56. The van der Waals surface area contributed by atoms with Crippen LogP contribution >= 0.6 is 0 Å². The number of hydrogen-bond donors (Lipinski definition) is 5. The molecule has 5 N–H and O–H groups in total. The maximum Gasteiger partial charge on any atom is 0.496 e. The summed E-state index contributed by atoms with van der Waals surface area (Å²) in [6.45, 7) is 3.34. The third kappa shape index (κ3) is 44.0. The first kappa shape index (κ1) is 91.5. The molecule has 21 nitrogen and oxygen atoms in total. The monoisotopic (exact) mass is 1450 g/mol. The van der Waals surface area contributed by atoms with Crippen LogP contribution in [0.25, 0.3) is 0 Å². The molecule has 12 saturated carbocycles. The van der Waals surface area contributed by atoms with Crippen LogP contribution in [0.5, 0.6) is 0 Å². The normalized spacial score (nSPS) is 28.7. The van der Waals surface area contributed by atoms with Crippen LogP contribution in [0.2, 0.25) is 0 Å². The van der Waals surface area contributed by atoms with Gasteiger partial charge in [0.1, 0.15) is 5.60 Å². The number of allylic oxidation sites excluding steroid dienone is 1. The van der Waals surface area contributed by atoms with Gasteiger partial charge in [0.2, 0.25) is 50.2 Å². The molecule has 0 spiro atoms. The Morgan fingerprint density at radius 3 is 0.989 bits per heavy atom. The summed E-state index contributed by atoms with van der Waals surface area (Å²) in [5, 5.41) is 0. The van der Waals surface area contributed by atoms with Gasteiger partial charge in [-0.05, 0) is 191 Å². The Morgan fingerprint density at radius 1 is 0.500 bits per heavy atom. The molecule has 2 unspecified atom stereocenters. The maximum atomic E-state index is 12.6. The highest BCUT2D eigenvalue weighted by molar-refractivity contribution is 7.86. The second-order valence-electron chi connectivity index (χ2n) is 22.5. The minimum absolute atomic E-state index is 0.0978. The predicted octanol–water partition coefficient (Wildman–Crippen LogP) is 12.4. The molecule has 0 radical (unpaired) electrons. The maximum absolute atomic E-state index is 12.6. The molecule has 0 heterocycles. The van der Waals surface area contributed by atoms with E-state index >= 15 is 0 Å². The molecule has 12 rings (SSSR count). The van der Waals surface area contributed by atoms with Gasteiger partial charge in [-0.3, -0.25) is 31.9 Å². The number of alkyl halides is 12. The third-order valence-electron chi connectivity index (χ3n) is 15.1. The van der Waals surface area contributed by atoms with Crippen LogP contribution in [-0.2, 0) is 74.5 Å². The molecule has 12 aliphatic rings.